The van der Waals surface area contributed by atoms with Crippen LogP contribution in [0.4, 0.5) is 10.1 Å². The Balaban J connectivity index is 2.09. The van der Waals surface area contributed by atoms with Crippen LogP contribution in [0.15, 0.2) is 57.2 Å². The lowest BCUT2D eigenvalue weighted by molar-refractivity contribution is 0.106. The van der Waals surface area contributed by atoms with Crippen molar-refractivity contribution in [3.63, 3.8) is 0 Å². The molecular formula is C24H29FN8O3. The van der Waals surface area contributed by atoms with Crippen LogP contribution in [-0.2, 0) is 11.3 Å². The van der Waals surface area contributed by atoms with E-state index < -0.39 is 18.4 Å². The largest absolute Gasteiger partial charge is 0.497 e. The van der Waals surface area contributed by atoms with Crippen molar-refractivity contribution in [2.24, 2.45) is 15.7 Å². The fourth-order valence-corrected chi connectivity index (χ4v) is 3.45. The summed E-state index contributed by atoms with van der Waals surface area (Å²) in [5, 5.41) is 15.4. The molecule has 12 heteroatoms. The fourth-order valence-electron chi connectivity index (χ4n) is 3.45. The van der Waals surface area contributed by atoms with Crippen molar-refractivity contribution in [2.45, 2.75) is 19.6 Å². The zero-order valence-corrected chi connectivity index (χ0v) is 20.3. The number of benzene rings is 2. The zero-order valence-electron chi connectivity index (χ0n) is 20.3. The summed E-state index contributed by atoms with van der Waals surface area (Å²) in [5.74, 6) is 0.931. The van der Waals surface area contributed by atoms with Gasteiger partial charge in [0, 0.05) is 24.5 Å². The molecule has 11 nitrogen and oxygen atoms in total. The second kappa shape index (κ2) is 12.4. The molecule has 1 heterocycles. The number of aliphatic imine (C=N–C) groups is 2. The number of methoxy groups -OCH3 is 1. The molecule has 0 saturated carbocycles. The fraction of sp³-hybridized carbons (Fsp3) is 0.292. The molecule has 0 aliphatic rings. The van der Waals surface area contributed by atoms with Gasteiger partial charge in [0.2, 0.25) is 5.96 Å². The zero-order chi connectivity index (χ0) is 26.1. The average molecular weight is 497 g/mol. The van der Waals surface area contributed by atoms with Gasteiger partial charge in [-0.15, -0.1) is 9.78 Å². The van der Waals surface area contributed by atoms with Crippen molar-refractivity contribution in [3.05, 3.63) is 75.5 Å². The number of rotatable bonds is 10. The van der Waals surface area contributed by atoms with Gasteiger partial charge >= 0.3 is 5.69 Å². The molecule has 0 aliphatic carbocycles. The third kappa shape index (κ3) is 6.42. The van der Waals surface area contributed by atoms with E-state index in [1.165, 1.54) is 20.4 Å². The van der Waals surface area contributed by atoms with Gasteiger partial charge in [0.15, 0.2) is 5.82 Å². The summed E-state index contributed by atoms with van der Waals surface area (Å²) >= 11 is 0. The summed E-state index contributed by atoms with van der Waals surface area (Å²) in [6, 6.07) is 11.8. The molecule has 1 aromatic heterocycles. The number of alkyl halides is 1. The molecule has 0 amide bonds. The highest BCUT2D eigenvalue weighted by Crippen LogP contribution is 2.29. The van der Waals surface area contributed by atoms with Crippen molar-refractivity contribution in [3.8, 4) is 5.75 Å². The highest BCUT2D eigenvalue weighted by Gasteiger charge is 2.22. The van der Waals surface area contributed by atoms with Crippen molar-refractivity contribution in [1.29, 1.82) is 5.41 Å². The number of halogens is 1. The molecule has 0 aliphatic heterocycles. The molecule has 3 aromatic rings. The summed E-state index contributed by atoms with van der Waals surface area (Å²) in [6.07, 6.45) is 1.52. The lowest BCUT2D eigenvalue weighted by Crippen LogP contribution is -2.24. The van der Waals surface area contributed by atoms with E-state index in [2.05, 4.69) is 25.4 Å². The second-order valence-electron chi connectivity index (χ2n) is 7.56. The Kier molecular flexibility index (Phi) is 9.06. The van der Waals surface area contributed by atoms with Gasteiger partial charge in [-0.3, -0.25) is 15.4 Å². The van der Waals surface area contributed by atoms with Crippen LogP contribution in [0.3, 0.4) is 0 Å². The Morgan fingerprint density at radius 3 is 2.69 bits per heavy atom. The number of hydrogen-bond donors (Lipinski definition) is 4. The molecule has 0 bridgehead atoms. The topological polar surface area (TPSA) is 156 Å². The van der Waals surface area contributed by atoms with Crippen LogP contribution < -0.4 is 21.5 Å². The average Bonchev–Trinajstić information content (AvgIpc) is 3.26. The molecule has 1 unspecified atom stereocenters. The van der Waals surface area contributed by atoms with Gasteiger partial charge in [-0.25, -0.2) is 14.2 Å². The molecule has 190 valence electrons. The van der Waals surface area contributed by atoms with Crippen molar-refractivity contribution in [1.82, 2.24) is 14.8 Å². The first kappa shape index (κ1) is 26.3. The first-order chi connectivity index (χ1) is 17.4. The number of nitrogens with one attached hydrogen (secondary N) is 3. The first-order valence-electron chi connectivity index (χ1n) is 11.1. The van der Waals surface area contributed by atoms with Gasteiger partial charge in [0.1, 0.15) is 24.3 Å². The number of nitrogens with two attached hydrogens (primary N) is 1. The Hall–Kier alpha value is -4.32. The van der Waals surface area contributed by atoms with Crippen LogP contribution in [-0.4, -0.2) is 60.2 Å². The molecule has 0 radical (unpaired) electrons. The number of aromatic nitrogens is 3. The minimum atomic E-state index is -0.638. The first-order valence-corrected chi connectivity index (χ1v) is 11.1. The van der Waals surface area contributed by atoms with Gasteiger partial charge < -0.3 is 20.5 Å². The summed E-state index contributed by atoms with van der Waals surface area (Å²) in [7, 11) is 3.05. The summed E-state index contributed by atoms with van der Waals surface area (Å²) in [4.78, 5) is 23.6. The quantitative estimate of drug-likeness (QED) is 0.192. The lowest BCUT2D eigenvalue weighted by Gasteiger charge is -2.20. The highest BCUT2D eigenvalue weighted by atomic mass is 19.1. The van der Waals surface area contributed by atoms with E-state index in [1.54, 1.807) is 43.3 Å². The number of hydrogen-bond acceptors (Lipinski definition) is 7. The van der Waals surface area contributed by atoms with E-state index in [9.17, 15) is 9.18 Å². The number of anilines is 1. The van der Waals surface area contributed by atoms with E-state index in [-0.39, 0.29) is 25.0 Å². The Labute approximate surface area is 207 Å². The number of nitrogen functional groups attached to an aromatic ring is 1. The maximum Gasteiger partial charge on any atom is 0.350 e. The Morgan fingerprint density at radius 1 is 1.33 bits per heavy atom. The maximum absolute atomic E-state index is 12.7. The second-order valence-corrected chi connectivity index (χ2v) is 7.56. The van der Waals surface area contributed by atoms with Crippen LogP contribution in [0, 0.1) is 5.41 Å². The van der Waals surface area contributed by atoms with Crippen LogP contribution in [0.25, 0.3) is 0 Å². The van der Waals surface area contributed by atoms with Gasteiger partial charge in [-0.05, 0) is 54.4 Å². The van der Waals surface area contributed by atoms with E-state index in [1.807, 2.05) is 6.07 Å². The molecule has 3 rings (SSSR count). The van der Waals surface area contributed by atoms with Crippen LogP contribution in [0.5, 0.6) is 5.75 Å². The summed E-state index contributed by atoms with van der Waals surface area (Å²) < 4.78 is 24.4. The van der Waals surface area contributed by atoms with E-state index in [4.69, 9.17) is 20.6 Å². The third-order valence-electron chi connectivity index (χ3n) is 5.10. The van der Waals surface area contributed by atoms with Crippen molar-refractivity contribution in [2.75, 3.05) is 32.8 Å². The smallest absolute Gasteiger partial charge is 0.350 e. The molecule has 2 aromatic carbocycles. The van der Waals surface area contributed by atoms with Gasteiger partial charge in [0.05, 0.1) is 20.3 Å². The standard InChI is InChI=1S/C24H29FN8O3/c1-4-29-23(28-2)33-24(34)31-22(32-33)20(30-18-7-5-16(6-8-18)21(26)27)17-11-15(14-36-10-9-25)12-19(13-17)35-3/h4-8,11-13,20,30H,9-10,14H2,1-3H3,(H3,26,27)(H,31,32,34)/b28-23?,29-4-. The molecule has 5 N–H and O–H groups in total. The van der Waals surface area contributed by atoms with Crippen molar-refractivity contribution >= 4 is 23.7 Å². The third-order valence-corrected chi connectivity index (χ3v) is 5.10. The number of amidine groups is 1. The van der Waals surface area contributed by atoms with E-state index in [0.717, 1.165) is 10.2 Å². The number of H-pyrrole nitrogens is 1. The van der Waals surface area contributed by atoms with Gasteiger partial charge in [-0.1, -0.05) is 6.07 Å². The number of ether oxygens (including phenoxy) is 2. The van der Waals surface area contributed by atoms with Gasteiger partial charge in [0.25, 0.3) is 0 Å². The monoisotopic (exact) mass is 496 g/mol. The van der Waals surface area contributed by atoms with Crippen LogP contribution in [0.2, 0.25) is 0 Å². The Morgan fingerprint density at radius 2 is 2.08 bits per heavy atom. The predicted octanol–water partition coefficient (Wildman–Crippen LogP) is 2.48. The van der Waals surface area contributed by atoms with Crippen LogP contribution >= 0.6 is 0 Å². The molecule has 1 atom stereocenters. The Bertz CT molecular complexity index is 1300. The van der Waals surface area contributed by atoms with E-state index >= 15 is 0 Å². The minimum Gasteiger partial charge on any atom is -0.497 e. The summed E-state index contributed by atoms with van der Waals surface area (Å²) in [5.41, 5.74) is 7.78. The number of nitrogens with zero attached hydrogens (tertiary/aromatic N) is 4. The van der Waals surface area contributed by atoms with Crippen LogP contribution in [0.1, 0.15) is 35.5 Å². The van der Waals surface area contributed by atoms with E-state index in [0.29, 0.717) is 28.4 Å². The highest BCUT2D eigenvalue weighted by molar-refractivity contribution is 5.95. The summed E-state index contributed by atoms with van der Waals surface area (Å²) in [6.45, 7) is 1.28. The molecular weight excluding hydrogens is 467 g/mol. The number of aromatic amines is 1. The normalized spacial score (nSPS) is 12.6. The molecule has 0 saturated heterocycles. The van der Waals surface area contributed by atoms with Crippen molar-refractivity contribution < 1.29 is 13.9 Å². The maximum atomic E-state index is 12.7. The SMILES string of the molecule is C/C=N\C(=NC)n1nc(C(Nc2ccc(C(=N)N)cc2)c2cc(COCCF)cc(OC)c2)[nH]c1=O. The molecule has 0 spiro atoms. The predicted molar refractivity (Wildman–Crippen MR) is 137 cm³/mol. The lowest BCUT2D eigenvalue weighted by atomic mass is 10.0. The van der Waals surface area contributed by atoms with Gasteiger partial charge in [-0.2, -0.15) is 0 Å². The molecule has 0 fully saturated rings. The minimum absolute atomic E-state index is 0.0223. The molecule has 36 heavy (non-hydrogen) atoms.